The number of carbonyl (C=O) groups is 2. The second kappa shape index (κ2) is 8.86. The Morgan fingerprint density at radius 2 is 1.58 bits per heavy atom. The molecule has 0 unspecified atom stereocenters. The van der Waals surface area contributed by atoms with E-state index in [-0.39, 0.29) is 23.8 Å². The number of likely N-dealkylation sites (tertiary alicyclic amines) is 1. The maximum absolute atomic E-state index is 13.3. The number of piperidine rings is 1. The molecule has 2 atom stereocenters. The van der Waals surface area contributed by atoms with Gasteiger partial charge in [0, 0.05) is 25.0 Å². The molecule has 0 radical (unpaired) electrons. The highest BCUT2D eigenvalue weighted by atomic mass is 16.2. The van der Waals surface area contributed by atoms with Crippen molar-refractivity contribution in [2.75, 3.05) is 13.1 Å². The van der Waals surface area contributed by atoms with E-state index in [9.17, 15) is 9.59 Å². The van der Waals surface area contributed by atoms with Crippen LogP contribution in [0, 0.1) is 17.3 Å². The van der Waals surface area contributed by atoms with Gasteiger partial charge in [-0.25, -0.2) is 0 Å². The van der Waals surface area contributed by atoms with Crippen molar-refractivity contribution in [1.29, 1.82) is 0 Å². The van der Waals surface area contributed by atoms with Gasteiger partial charge in [0.05, 0.1) is 5.41 Å². The Hall–Kier alpha value is -2.62. The van der Waals surface area contributed by atoms with Gasteiger partial charge in [-0.1, -0.05) is 61.5 Å². The predicted octanol–water partition coefficient (Wildman–Crippen LogP) is 4.69. The molecule has 31 heavy (non-hydrogen) atoms. The van der Waals surface area contributed by atoms with Crippen LogP contribution in [-0.4, -0.2) is 35.8 Å². The maximum Gasteiger partial charge on any atom is 0.226 e. The molecule has 2 aliphatic rings. The van der Waals surface area contributed by atoms with E-state index in [2.05, 4.69) is 48.6 Å². The minimum absolute atomic E-state index is 0.108. The van der Waals surface area contributed by atoms with Crippen molar-refractivity contribution in [3.05, 3.63) is 60.2 Å². The van der Waals surface area contributed by atoms with Gasteiger partial charge >= 0.3 is 0 Å². The molecule has 4 rings (SSSR count). The van der Waals surface area contributed by atoms with Gasteiger partial charge < -0.3 is 10.2 Å². The Kier molecular flexibility index (Phi) is 6.17. The highest BCUT2D eigenvalue weighted by molar-refractivity contribution is 5.85. The minimum atomic E-state index is -0.454. The fourth-order valence-electron chi connectivity index (χ4n) is 4.79. The molecule has 1 N–H and O–H groups in total. The van der Waals surface area contributed by atoms with Gasteiger partial charge in [-0.2, -0.15) is 0 Å². The number of benzene rings is 2. The highest BCUT2D eigenvalue weighted by Gasteiger charge is 2.46. The van der Waals surface area contributed by atoms with Crippen LogP contribution in [-0.2, 0) is 16.0 Å². The Balaban J connectivity index is 1.49. The van der Waals surface area contributed by atoms with E-state index in [0.29, 0.717) is 25.4 Å². The molecule has 4 heteroatoms. The lowest BCUT2D eigenvalue weighted by molar-refractivity contribution is -0.141. The summed E-state index contributed by atoms with van der Waals surface area (Å²) >= 11 is 0. The molecule has 2 amide bonds. The standard InChI is InChI=1S/C27H34N2O2/c1-19(2)28-26(31)27(13-15-29(16-14-27)25(30)24-17-20(24)3)18-21-9-11-23(12-10-21)22-7-5-4-6-8-22/h4-12,19-20,24H,13-18H2,1-3H3,(H,28,31)/t20-,24-/m1/s1. The van der Waals surface area contributed by atoms with Crippen LogP contribution < -0.4 is 5.32 Å². The molecule has 2 aromatic rings. The monoisotopic (exact) mass is 418 g/mol. The topological polar surface area (TPSA) is 49.4 Å². The Bertz CT molecular complexity index is 912. The van der Waals surface area contributed by atoms with E-state index in [1.54, 1.807) is 0 Å². The van der Waals surface area contributed by atoms with Crippen LogP contribution >= 0.6 is 0 Å². The summed E-state index contributed by atoms with van der Waals surface area (Å²) in [6, 6.07) is 19.0. The summed E-state index contributed by atoms with van der Waals surface area (Å²) in [4.78, 5) is 28.0. The lowest BCUT2D eigenvalue weighted by Crippen LogP contribution is -2.52. The molecule has 4 nitrogen and oxygen atoms in total. The van der Waals surface area contributed by atoms with Crippen molar-refractivity contribution in [1.82, 2.24) is 10.2 Å². The van der Waals surface area contributed by atoms with E-state index in [4.69, 9.17) is 0 Å². The van der Waals surface area contributed by atoms with Crippen molar-refractivity contribution in [2.45, 2.75) is 52.5 Å². The molecule has 1 heterocycles. The fraction of sp³-hybridized carbons (Fsp3) is 0.481. The van der Waals surface area contributed by atoms with Crippen molar-refractivity contribution >= 4 is 11.8 Å². The summed E-state index contributed by atoms with van der Waals surface area (Å²) in [6.07, 6.45) is 3.17. The molecule has 164 valence electrons. The number of hydrogen-bond acceptors (Lipinski definition) is 2. The number of nitrogens with one attached hydrogen (secondary N) is 1. The van der Waals surface area contributed by atoms with Crippen molar-refractivity contribution in [3.63, 3.8) is 0 Å². The molecule has 0 spiro atoms. The predicted molar refractivity (Wildman–Crippen MR) is 124 cm³/mol. The largest absolute Gasteiger partial charge is 0.353 e. The summed E-state index contributed by atoms with van der Waals surface area (Å²) < 4.78 is 0. The summed E-state index contributed by atoms with van der Waals surface area (Å²) in [5, 5.41) is 3.15. The van der Waals surface area contributed by atoms with Crippen molar-refractivity contribution < 1.29 is 9.59 Å². The summed E-state index contributed by atoms with van der Waals surface area (Å²) in [7, 11) is 0. The lowest BCUT2D eigenvalue weighted by Gasteiger charge is -2.41. The third-order valence-corrected chi connectivity index (χ3v) is 6.96. The van der Waals surface area contributed by atoms with Crippen LogP contribution in [0.5, 0.6) is 0 Å². The average Bonchev–Trinajstić information content (AvgIpc) is 3.51. The number of amides is 2. The van der Waals surface area contributed by atoms with E-state index in [1.165, 1.54) is 16.7 Å². The van der Waals surface area contributed by atoms with E-state index < -0.39 is 5.41 Å². The smallest absolute Gasteiger partial charge is 0.226 e. The zero-order chi connectivity index (χ0) is 22.0. The Labute approximate surface area is 186 Å². The second-order valence-corrected chi connectivity index (χ2v) is 9.79. The first kappa shape index (κ1) is 21.6. The molecular weight excluding hydrogens is 384 g/mol. The summed E-state index contributed by atoms with van der Waals surface area (Å²) in [5.41, 5.74) is 3.10. The highest BCUT2D eigenvalue weighted by Crippen LogP contribution is 2.42. The maximum atomic E-state index is 13.3. The van der Waals surface area contributed by atoms with E-state index in [0.717, 1.165) is 19.3 Å². The molecule has 0 bridgehead atoms. The van der Waals surface area contributed by atoms with Gasteiger partial charge in [0.2, 0.25) is 11.8 Å². The van der Waals surface area contributed by atoms with Crippen LogP contribution in [0.3, 0.4) is 0 Å². The zero-order valence-corrected chi connectivity index (χ0v) is 18.9. The molecule has 1 aliphatic heterocycles. The van der Waals surface area contributed by atoms with Gasteiger partial charge in [0.15, 0.2) is 0 Å². The van der Waals surface area contributed by atoms with Gasteiger partial charge in [0.25, 0.3) is 0 Å². The molecule has 1 saturated heterocycles. The zero-order valence-electron chi connectivity index (χ0n) is 18.9. The third-order valence-electron chi connectivity index (χ3n) is 6.96. The number of hydrogen-bond donors (Lipinski definition) is 1. The molecule has 1 saturated carbocycles. The summed E-state index contributed by atoms with van der Waals surface area (Å²) in [6.45, 7) is 7.51. The average molecular weight is 419 g/mol. The number of rotatable bonds is 6. The third kappa shape index (κ3) is 4.84. The second-order valence-electron chi connectivity index (χ2n) is 9.79. The molecule has 0 aromatic heterocycles. The SMILES string of the molecule is CC(C)NC(=O)C1(Cc2ccc(-c3ccccc3)cc2)CCN(C(=O)[C@@H]2C[C@H]2C)CC1. The van der Waals surface area contributed by atoms with Crippen LogP contribution in [0.1, 0.15) is 45.6 Å². The lowest BCUT2D eigenvalue weighted by atomic mass is 9.72. The van der Waals surface area contributed by atoms with Crippen molar-refractivity contribution in [3.8, 4) is 11.1 Å². The van der Waals surface area contributed by atoms with Crippen LogP contribution in [0.15, 0.2) is 54.6 Å². The normalized spacial score (nSPS) is 22.3. The first-order valence-corrected chi connectivity index (χ1v) is 11.6. The van der Waals surface area contributed by atoms with Gasteiger partial charge in [-0.15, -0.1) is 0 Å². The van der Waals surface area contributed by atoms with Crippen molar-refractivity contribution in [2.24, 2.45) is 17.3 Å². The van der Waals surface area contributed by atoms with Crippen LogP contribution in [0.25, 0.3) is 11.1 Å². The fourth-order valence-corrected chi connectivity index (χ4v) is 4.79. The molecule has 1 aliphatic carbocycles. The van der Waals surface area contributed by atoms with Crippen LogP contribution in [0.2, 0.25) is 0 Å². The van der Waals surface area contributed by atoms with E-state index in [1.807, 2.05) is 36.9 Å². The summed E-state index contributed by atoms with van der Waals surface area (Å²) in [5.74, 6) is 1.15. The first-order valence-electron chi connectivity index (χ1n) is 11.6. The molecule has 2 fully saturated rings. The Morgan fingerprint density at radius 3 is 2.13 bits per heavy atom. The number of carbonyl (C=O) groups excluding carboxylic acids is 2. The van der Waals surface area contributed by atoms with Gasteiger partial charge in [0.1, 0.15) is 0 Å². The molecular formula is C27H34N2O2. The molecule has 2 aromatic carbocycles. The van der Waals surface area contributed by atoms with Crippen LogP contribution in [0.4, 0.5) is 0 Å². The van der Waals surface area contributed by atoms with E-state index >= 15 is 0 Å². The van der Waals surface area contributed by atoms with Gasteiger partial charge in [-0.3, -0.25) is 9.59 Å². The minimum Gasteiger partial charge on any atom is -0.353 e. The Morgan fingerprint density at radius 1 is 1.00 bits per heavy atom. The van der Waals surface area contributed by atoms with Gasteiger partial charge in [-0.05, 0) is 62.1 Å². The quantitative estimate of drug-likeness (QED) is 0.740. The number of nitrogens with zero attached hydrogens (tertiary/aromatic N) is 1. The first-order chi connectivity index (χ1) is 14.9.